The molecule has 0 aliphatic heterocycles. The molecule has 0 radical (unpaired) electrons. The van der Waals surface area contributed by atoms with Gasteiger partial charge in [-0.25, -0.2) is 0 Å². The number of aryl methyl sites for hydroxylation is 2. The minimum atomic E-state index is -0.767. The van der Waals surface area contributed by atoms with Gasteiger partial charge in [0.2, 0.25) is 0 Å². The second-order valence-electron chi connectivity index (χ2n) is 5.61. The van der Waals surface area contributed by atoms with E-state index in [-0.39, 0.29) is 18.2 Å². The molecular formula is C16H21BrO3. The van der Waals surface area contributed by atoms with Gasteiger partial charge < -0.3 is 4.74 Å². The zero-order valence-corrected chi connectivity index (χ0v) is 14.3. The topological polar surface area (TPSA) is 43.4 Å². The van der Waals surface area contributed by atoms with Gasteiger partial charge in [0.25, 0.3) is 0 Å². The SMILES string of the molecule is CCOC(=O)CC(C)(C)C(=O)c1cc(C)c(Br)cc1C. The molecule has 1 rings (SSSR count). The van der Waals surface area contributed by atoms with Crippen molar-refractivity contribution in [1.29, 1.82) is 0 Å². The van der Waals surface area contributed by atoms with Crippen LogP contribution in [-0.2, 0) is 9.53 Å². The highest BCUT2D eigenvalue weighted by molar-refractivity contribution is 9.10. The van der Waals surface area contributed by atoms with Crippen molar-refractivity contribution in [1.82, 2.24) is 0 Å². The number of benzene rings is 1. The Kier molecular flexibility index (Phi) is 5.51. The van der Waals surface area contributed by atoms with Crippen LogP contribution < -0.4 is 0 Å². The minimum Gasteiger partial charge on any atom is -0.466 e. The number of ketones is 1. The highest BCUT2D eigenvalue weighted by Crippen LogP contribution is 2.30. The molecule has 1 aromatic rings. The highest BCUT2D eigenvalue weighted by atomic mass is 79.9. The largest absolute Gasteiger partial charge is 0.466 e. The normalized spacial score (nSPS) is 11.3. The lowest BCUT2D eigenvalue weighted by molar-refractivity contribution is -0.144. The first kappa shape index (κ1) is 16.9. The fourth-order valence-corrected chi connectivity index (χ4v) is 2.50. The van der Waals surface area contributed by atoms with Crippen LogP contribution in [0.5, 0.6) is 0 Å². The number of rotatable bonds is 5. The van der Waals surface area contributed by atoms with E-state index in [0.29, 0.717) is 12.2 Å². The van der Waals surface area contributed by atoms with Gasteiger partial charge in [0.15, 0.2) is 5.78 Å². The van der Waals surface area contributed by atoms with Gasteiger partial charge in [0.1, 0.15) is 0 Å². The number of Topliss-reactive ketones (excluding diaryl/α,β-unsaturated/α-hetero) is 1. The molecule has 0 heterocycles. The van der Waals surface area contributed by atoms with Crippen LogP contribution in [0.4, 0.5) is 0 Å². The van der Waals surface area contributed by atoms with Crippen molar-refractivity contribution in [2.24, 2.45) is 5.41 Å². The van der Waals surface area contributed by atoms with Gasteiger partial charge in [-0.15, -0.1) is 0 Å². The average Bonchev–Trinajstić information content (AvgIpc) is 2.32. The van der Waals surface area contributed by atoms with Crippen molar-refractivity contribution in [3.63, 3.8) is 0 Å². The number of hydrogen-bond donors (Lipinski definition) is 0. The van der Waals surface area contributed by atoms with Crippen molar-refractivity contribution in [2.45, 2.75) is 41.0 Å². The van der Waals surface area contributed by atoms with E-state index in [1.165, 1.54) is 0 Å². The second kappa shape index (κ2) is 6.53. The number of esters is 1. The molecule has 0 bridgehead atoms. The van der Waals surface area contributed by atoms with Crippen LogP contribution in [0, 0.1) is 19.3 Å². The van der Waals surface area contributed by atoms with E-state index in [0.717, 1.165) is 15.6 Å². The maximum atomic E-state index is 12.7. The van der Waals surface area contributed by atoms with E-state index in [1.807, 2.05) is 26.0 Å². The summed E-state index contributed by atoms with van der Waals surface area (Å²) in [6, 6.07) is 3.80. The van der Waals surface area contributed by atoms with Crippen LogP contribution in [0.3, 0.4) is 0 Å². The summed E-state index contributed by atoms with van der Waals surface area (Å²) in [5.74, 6) is -0.365. The predicted molar refractivity (Wildman–Crippen MR) is 83.0 cm³/mol. The third kappa shape index (κ3) is 3.92. The van der Waals surface area contributed by atoms with Crippen molar-refractivity contribution >= 4 is 27.7 Å². The Morgan fingerprint density at radius 3 is 2.35 bits per heavy atom. The number of hydrogen-bond acceptors (Lipinski definition) is 3. The first-order chi connectivity index (χ1) is 9.19. The van der Waals surface area contributed by atoms with Crippen molar-refractivity contribution in [3.05, 3.63) is 33.3 Å². The molecule has 3 nitrogen and oxygen atoms in total. The molecule has 0 aromatic heterocycles. The molecule has 0 aliphatic carbocycles. The Morgan fingerprint density at radius 2 is 1.80 bits per heavy atom. The van der Waals surface area contributed by atoms with E-state index in [2.05, 4.69) is 15.9 Å². The molecule has 0 spiro atoms. The third-order valence-electron chi connectivity index (χ3n) is 3.26. The predicted octanol–water partition coefficient (Wildman–Crippen LogP) is 4.23. The summed E-state index contributed by atoms with van der Waals surface area (Å²) < 4.78 is 5.92. The summed E-state index contributed by atoms with van der Waals surface area (Å²) in [6.45, 7) is 9.50. The van der Waals surface area contributed by atoms with E-state index >= 15 is 0 Å². The molecule has 0 N–H and O–H groups in total. The first-order valence-electron chi connectivity index (χ1n) is 6.66. The van der Waals surface area contributed by atoms with Gasteiger partial charge in [0, 0.05) is 15.5 Å². The van der Waals surface area contributed by atoms with Gasteiger partial charge >= 0.3 is 5.97 Å². The second-order valence-corrected chi connectivity index (χ2v) is 6.47. The standard InChI is InChI=1S/C16H21BrO3/c1-6-20-14(18)9-16(4,5)15(19)12-7-11(3)13(17)8-10(12)2/h7-8H,6,9H2,1-5H3. The van der Waals surface area contributed by atoms with E-state index in [1.54, 1.807) is 20.8 Å². The Morgan fingerprint density at radius 1 is 1.20 bits per heavy atom. The summed E-state index contributed by atoms with van der Waals surface area (Å²) in [7, 11) is 0. The number of carbonyl (C=O) groups excluding carboxylic acids is 2. The Balaban J connectivity index is 3.04. The highest BCUT2D eigenvalue weighted by Gasteiger charge is 2.32. The maximum Gasteiger partial charge on any atom is 0.306 e. The van der Waals surface area contributed by atoms with Gasteiger partial charge in [-0.1, -0.05) is 29.8 Å². The molecule has 110 valence electrons. The quantitative estimate of drug-likeness (QED) is 0.595. The molecule has 0 unspecified atom stereocenters. The van der Waals surface area contributed by atoms with E-state index < -0.39 is 5.41 Å². The molecule has 0 fully saturated rings. The van der Waals surface area contributed by atoms with Crippen LogP contribution >= 0.6 is 15.9 Å². The van der Waals surface area contributed by atoms with E-state index in [9.17, 15) is 9.59 Å². The van der Waals surface area contributed by atoms with Gasteiger partial charge in [0.05, 0.1) is 13.0 Å². The summed E-state index contributed by atoms with van der Waals surface area (Å²) in [5, 5.41) is 0. The molecule has 0 aliphatic rings. The van der Waals surface area contributed by atoms with Crippen molar-refractivity contribution < 1.29 is 14.3 Å². The molecule has 20 heavy (non-hydrogen) atoms. The monoisotopic (exact) mass is 340 g/mol. The third-order valence-corrected chi connectivity index (χ3v) is 4.11. The summed E-state index contributed by atoms with van der Waals surface area (Å²) >= 11 is 3.46. The van der Waals surface area contributed by atoms with Crippen LogP contribution in [0.15, 0.2) is 16.6 Å². The van der Waals surface area contributed by atoms with Crippen LogP contribution in [0.1, 0.15) is 48.7 Å². The molecule has 1 aromatic carbocycles. The van der Waals surface area contributed by atoms with Crippen molar-refractivity contribution in [2.75, 3.05) is 6.61 Å². The minimum absolute atomic E-state index is 0.0290. The van der Waals surface area contributed by atoms with Gasteiger partial charge in [-0.3, -0.25) is 9.59 Å². The lowest BCUT2D eigenvalue weighted by Gasteiger charge is -2.23. The Bertz CT molecular complexity index is 533. The zero-order chi connectivity index (χ0) is 15.5. The molecule has 4 heteroatoms. The molecule has 0 amide bonds. The van der Waals surface area contributed by atoms with Crippen LogP contribution in [0.25, 0.3) is 0 Å². The molecule has 0 saturated heterocycles. The Labute approximate surface area is 128 Å². The van der Waals surface area contributed by atoms with Crippen molar-refractivity contribution in [3.8, 4) is 0 Å². The first-order valence-corrected chi connectivity index (χ1v) is 7.45. The lowest BCUT2D eigenvalue weighted by atomic mass is 9.80. The number of carbonyl (C=O) groups is 2. The van der Waals surface area contributed by atoms with Crippen LogP contribution in [-0.4, -0.2) is 18.4 Å². The number of halogens is 1. The fourth-order valence-electron chi connectivity index (χ4n) is 2.04. The summed E-state index contributed by atoms with van der Waals surface area (Å²) in [5.41, 5.74) is 1.81. The van der Waals surface area contributed by atoms with E-state index in [4.69, 9.17) is 4.74 Å². The number of ether oxygens (including phenoxy) is 1. The fraction of sp³-hybridized carbons (Fsp3) is 0.500. The molecule has 0 saturated carbocycles. The molecular weight excluding hydrogens is 320 g/mol. The van der Waals surface area contributed by atoms with Crippen LogP contribution in [0.2, 0.25) is 0 Å². The molecule has 0 atom stereocenters. The smallest absolute Gasteiger partial charge is 0.306 e. The maximum absolute atomic E-state index is 12.7. The van der Waals surface area contributed by atoms with Gasteiger partial charge in [-0.05, 0) is 44.0 Å². The van der Waals surface area contributed by atoms with Gasteiger partial charge in [-0.2, -0.15) is 0 Å². The zero-order valence-electron chi connectivity index (χ0n) is 12.7. The average molecular weight is 341 g/mol. The summed E-state index contributed by atoms with van der Waals surface area (Å²) in [4.78, 5) is 24.3. The lowest BCUT2D eigenvalue weighted by Crippen LogP contribution is -2.29. The Hall–Kier alpha value is -1.16. The summed E-state index contributed by atoms with van der Waals surface area (Å²) in [6.07, 6.45) is 0.0915.